The highest BCUT2D eigenvalue weighted by molar-refractivity contribution is 8.32. The summed E-state index contributed by atoms with van der Waals surface area (Å²) in [6.45, 7) is 1.84. The largest absolute Gasteiger partial charge is 0.488 e. The zero-order valence-corrected chi connectivity index (χ0v) is 14.1. The van der Waals surface area contributed by atoms with Crippen molar-refractivity contribution in [3.05, 3.63) is 64.1 Å². The van der Waals surface area contributed by atoms with Crippen LogP contribution in [0.2, 0.25) is 0 Å². The average Bonchev–Trinajstić information content (AvgIpc) is 2.89. The lowest BCUT2D eigenvalue weighted by molar-refractivity contribution is -0.137. The minimum atomic E-state index is -4.37. The lowest BCUT2D eigenvalue weighted by Crippen LogP contribution is -2.05. The van der Waals surface area contributed by atoms with Crippen LogP contribution >= 0.6 is 10.9 Å². The summed E-state index contributed by atoms with van der Waals surface area (Å²) in [6.07, 6.45) is -2.54. The zero-order valence-electron chi connectivity index (χ0n) is 13.2. The number of halogens is 3. The summed E-state index contributed by atoms with van der Waals surface area (Å²) >= 11 is 0. The highest BCUT2D eigenvalue weighted by Crippen LogP contribution is 2.55. The molecule has 3 nitrogen and oxygen atoms in total. The Morgan fingerprint density at radius 3 is 2.44 bits per heavy atom. The van der Waals surface area contributed by atoms with Crippen LogP contribution in [0.5, 0.6) is 5.75 Å². The monoisotopic (exact) mass is 368 g/mol. The molecule has 0 bridgehead atoms. The highest BCUT2D eigenvalue weighted by atomic mass is 32.2. The molecule has 1 atom stereocenters. The van der Waals surface area contributed by atoms with Gasteiger partial charge in [-0.1, -0.05) is 24.3 Å². The molecule has 0 amide bonds. The van der Waals surface area contributed by atoms with E-state index in [4.69, 9.17) is 4.74 Å². The molecule has 2 aromatic carbocycles. The zero-order chi connectivity index (χ0) is 18.2. The molecule has 0 aromatic heterocycles. The minimum absolute atomic E-state index is 0.0659. The molecule has 1 N–H and O–H groups in total. The molecule has 1 aliphatic rings. The third-order valence-corrected chi connectivity index (χ3v) is 5.98. The number of ether oxygens (including phenoxy) is 1. The number of allylic oxidation sites excluding steroid dienone is 1. The third-order valence-electron chi connectivity index (χ3n) is 3.84. The molecule has 0 aliphatic carbocycles. The maximum atomic E-state index is 12.6. The maximum Gasteiger partial charge on any atom is 0.416 e. The molecule has 132 valence electrons. The smallest absolute Gasteiger partial charge is 0.416 e. The van der Waals surface area contributed by atoms with Gasteiger partial charge in [-0.05, 0) is 47.2 Å². The molecular weight excluding hydrogens is 353 g/mol. The molecule has 1 unspecified atom stereocenters. The number of alkyl halides is 3. The van der Waals surface area contributed by atoms with E-state index in [2.05, 4.69) is 0 Å². The predicted octanol–water partition coefficient (Wildman–Crippen LogP) is 5.70. The van der Waals surface area contributed by atoms with Crippen LogP contribution in [0.4, 0.5) is 18.0 Å². The molecule has 3 rings (SSSR count). The molecule has 0 saturated heterocycles. The molecule has 0 radical (unpaired) electrons. The van der Waals surface area contributed by atoms with Gasteiger partial charge in [-0.2, -0.15) is 13.2 Å². The molecule has 2 aromatic rings. The van der Waals surface area contributed by atoms with Gasteiger partial charge in [0.2, 0.25) is 0 Å². The van der Waals surface area contributed by atoms with E-state index in [1.54, 1.807) is 19.1 Å². The van der Waals surface area contributed by atoms with Crippen LogP contribution in [0.15, 0.2) is 52.3 Å². The summed E-state index contributed by atoms with van der Waals surface area (Å²) in [7, 11) is -1.50. The Morgan fingerprint density at radius 1 is 1.16 bits per heavy atom. The van der Waals surface area contributed by atoms with Crippen LogP contribution in [0.1, 0.15) is 23.6 Å². The van der Waals surface area contributed by atoms with Crippen molar-refractivity contribution < 1.29 is 27.8 Å². The minimum Gasteiger partial charge on any atom is -0.488 e. The number of thiol groups is 1. The van der Waals surface area contributed by atoms with Crippen molar-refractivity contribution in [1.82, 2.24) is 0 Å². The Morgan fingerprint density at radius 2 is 1.84 bits per heavy atom. The summed E-state index contributed by atoms with van der Waals surface area (Å²) in [5, 5.41) is 8.58. The summed E-state index contributed by atoms with van der Waals surface area (Å²) in [5.41, 5.74) is 0.676. The second-order valence-electron chi connectivity index (χ2n) is 5.58. The Hall–Kier alpha value is -2.41. The van der Waals surface area contributed by atoms with E-state index in [0.29, 0.717) is 16.2 Å². The first kappa shape index (κ1) is 17.4. The van der Waals surface area contributed by atoms with Gasteiger partial charge in [0.15, 0.2) is 0 Å². The summed E-state index contributed by atoms with van der Waals surface area (Å²) in [4.78, 5) is 13.0. The van der Waals surface area contributed by atoms with Crippen molar-refractivity contribution in [2.45, 2.75) is 24.6 Å². The maximum absolute atomic E-state index is 12.6. The van der Waals surface area contributed by atoms with E-state index >= 15 is 0 Å². The van der Waals surface area contributed by atoms with Crippen LogP contribution < -0.4 is 4.74 Å². The van der Waals surface area contributed by atoms with E-state index in [-0.39, 0.29) is 6.61 Å². The van der Waals surface area contributed by atoms with Gasteiger partial charge >= 0.3 is 11.5 Å². The van der Waals surface area contributed by atoms with Crippen LogP contribution in [0, 0.1) is 0 Å². The van der Waals surface area contributed by atoms with Gasteiger partial charge < -0.3 is 9.84 Å². The number of fused-ring (bicyclic) bond motifs is 1. The number of carbonyl (C=O) groups is 1. The molecule has 7 heteroatoms. The fraction of sp³-hybridized carbons (Fsp3) is 0.167. The standard InChI is InChI=1S/C18H15F3O3S/c1-11-9-13-3-2-4-15(16(13)25(11)17(22)23)24-10-12-5-7-14(8-6-12)18(19,20)21/h2-9,25H,10H2,1H3,(H,22,23). The van der Waals surface area contributed by atoms with Gasteiger partial charge in [-0.15, -0.1) is 10.9 Å². The van der Waals surface area contributed by atoms with Crippen LogP contribution in [0.25, 0.3) is 6.08 Å². The van der Waals surface area contributed by atoms with E-state index in [1.807, 2.05) is 12.1 Å². The Balaban J connectivity index is 1.80. The fourth-order valence-corrected chi connectivity index (χ4v) is 4.55. The Labute approximate surface area is 145 Å². The van der Waals surface area contributed by atoms with Crippen LogP contribution in [-0.2, 0) is 12.8 Å². The predicted molar refractivity (Wildman–Crippen MR) is 91.1 cm³/mol. The van der Waals surface area contributed by atoms with Gasteiger partial charge in [0.05, 0.1) is 10.5 Å². The summed E-state index contributed by atoms with van der Waals surface area (Å²) < 4.78 is 43.5. The van der Waals surface area contributed by atoms with Crippen molar-refractivity contribution in [3.63, 3.8) is 0 Å². The normalized spacial score (nSPS) is 17.8. The SMILES string of the molecule is CC1=Cc2cccc(OCc3ccc(C(F)(F)F)cc3)c2[SH]1C(=O)O. The summed E-state index contributed by atoms with van der Waals surface area (Å²) in [6, 6.07) is 10.0. The lowest BCUT2D eigenvalue weighted by atomic mass is 10.1. The molecule has 1 aliphatic heterocycles. The van der Waals surface area contributed by atoms with E-state index < -0.39 is 27.9 Å². The molecule has 1 heterocycles. The third kappa shape index (κ3) is 3.51. The van der Waals surface area contributed by atoms with Crippen molar-refractivity contribution in [2.75, 3.05) is 0 Å². The van der Waals surface area contributed by atoms with Crippen molar-refractivity contribution in [3.8, 4) is 5.75 Å². The first-order valence-electron chi connectivity index (χ1n) is 7.40. The highest BCUT2D eigenvalue weighted by Gasteiger charge is 2.30. The number of benzene rings is 2. The Kier molecular flexibility index (Phi) is 4.51. The Bertz CT molecular complexity index is 842. The van der Waals surface area contributed by atoms with Crippen LogP contribution in [-0.4, -0.2) is 10.4 Å². The molecule has 0 fully saturated rings. The lowest BCUT2D eigenvalue weighted by Gasteiger charge is -2.18. The van der Waals surface area contributed by atoms with Crippen molar-refractivity contribution >= 4 is 22.3 Å². The van der Waals surface area contributed by atoms with Gasteiger partial charge in [-0.25, -0.2) is 4.79 Å². The fourth-order valence-electron chi connectivity index (χ4n) is 2.68. The van der Waals surface area contributed by atoms with E-state index in [0.717, 1.165) is 22.6 Å². The van der Waals surface area contributed by atoms with Crippen molar-refractivity contribution in [1.29, 1.82) is 0 Å². The van der Waals surface area contributed by atoms with Gasteiger partial charge in [0.25, 0.3) is 0 Å². The van der Waals surface area contributed by atoms with Crippen LogP contribution in [0.3, 0.4) is 0 Å². The second kappa shape index (κ2) is 6.48. The van der Waals surface area contributed by atoms with Gasteiger partial charge in [0.1, 0.15) is 12.4 Å². The number of hydrogen-bond donors (Lipinski definition) is 2. The molecular formula is C18H15F3O3S. The number of carboxylic acid groups (broad SMARTS) is 1. The number of rotatable bonds is 3. The molecule has 25 heavy (non-hydrogen) atoms. The quantitative estimate of drug-likeness (QED) is 0.684. The molecule has 0 saturated carbocycles. The number of hydrogen-bond acceptors (Lipinski definition) is 2. The van der Waals surface area contributed by atoms with Gasteiger partial charge in [0, 0.05) is 0 Å². The van der Waals surface area contributed by atoms with Gasteiger partial charge in [-0.3, -0.25) is 0 Å². The van der Waals surface area contributed by atoms with E-state index in [9.17, 15) is 23.1 Å². The molecule has 0 spiro atoms. The first-order valence-corrected chi connectivity index (χ1v) is 8.75. The second-order valence-corrected chi connectivity index (χ2v) is 7.79. The van der Waals surface area contributed by atoms with E-state index in [1.165, 1.54) is 12.1 Å². The average molecular weight is 368 g/mol. The van der Waals surface area contributed by atoms with Crippen molar-refractivity contribution in [2.24, 2.45) is 0 Å². The summed E-state index contributed by atoms with van der Waals surface area (Å²) in [5.74, 6) is 0.457. The topological polar surface area (TPSA) is 46.5 Å². The first-order chi connectivity index (χ1) is 11.8.